The van der Waals surface area contributed by atoms with Gasteiger partial charge in [0.2, 0.25) is 5.88 Å². The first-order valence-corrected chi connectivity index (χ1v) is 8.24. The van der Waals surface area contributed by atoms with Crippen molar-refractivity contribution >= 4 is 23.8 Å². The van der Waals surface area contributed by atoms with Gasteiger partial charge in [-0.1, -0.05) is 38.1 Å². The van der Waals surface area contributed by atoms with Gasteiger partial charge in [0.05, 0.1) is 11.3 Å². The molecular formula is C19H19F3N2O4. The zero-order valence-corrected chi connectivity index (χ0v) is 15.5. The van der Waals surface area contributed by atoms with Crippen molar-refractivity contribution in [2.45, 2.75) is 32.4 Å². The first-order valence-electron chi connectivity index (χ1n) is 8.24. The molecule has 2 aromatic rings. The lowest BCUT2D eigenvalue weighted by atomic mass is 9.92. The van der Waals surface area contributed by atoms with E-state index in [9.17, 15) is 22.8 Å². The van der Waals surface area contributed by atoms with Crippen molar-refractivity contribution in [3.63, 3.8) is 0 Å². The number of alkyl halides is 3. The van der Waals surface area contributed by atoms with Gasteiger partial charge in [0, 0.05) is 17.6 Å². The maximum atomic E-state index is 12.6. The topological polar surface area (TPSA) is 81.4 Å². The Morgan fingerprint density at radius 3 is 2.54 bits per heavy atom. The summed E-state index contributed by atoms with van der Waals surface area (Å²) in [6.45, 7) is 5.19. The predicted octanol–water partition coefficient (Wildman–Crippen LogP) is 4.19. The Hall–Kier alpha value is -3.10. The number of rotatable bonds is 5. The summed E-state index contributed by atoms with van der Waals surface area (Å²) in [5, 5.41) is 6.23. The number of amides is 1. The molecule has 28 heavy (non-hydrogen) atoms. The van der Waals surface area contributed by atoms with E-state index in [2.05, 4.69) is 10.5 Å². The minimum absolute atomic E-state index is 0.116. The Morgan fingerprint density at radius 2 is 1.93 bits per heavy atom. The summed E-state index contributed by atoms with van der Waals surface area (Å²) in [6.07, 6.45) is -2.37. The van der Waals surface area contributed by atoms with Gasteiger partial charge in [-0.2, -0.15) is 13.2 Å². The minimum Gasteiger partial charge on any atom is -0.452 e. The summed E-state index contributed by atoms with van der Waals surface area (Å²) >= 11 is 0. The third-order valence-corrected chi connectivity index (χ3v) is 3.51. The molecule has 0 aliphatic rings. The van der Waals surface area contributed by atoms with E-state index in [4.69, 9.17) is 9.26 Å². The fourth-order valence-electron chi connectivity index (χ4n) is 2.03. The molecule has 0 spiro atoms. The van der Waals surface area contributed by atoms with E-state index in [1.807, 2.05) is 20.8 Å². The number of aromatic nitrogens is 1. The van der Waals surface area contributed by atoms with Crippen molar-refractivity contribution in [1.82, 2.24) is 5.16 Å². The van der Waals surface area contributed by atoms with Crippen LogP contribution in [-0.2, 0) is 25.9 Å². The van der Waals surface area contributed by atoms with Crippen molar-refractivity contribution in [2.75, 3.05) is 11.9 Å². The van der Waals surface area contributed by atoms with Crippen LogP contribution in [0.4, 0.5) is 19.1 Å². The molecule has 1 heterocycles. The number of halogens is 3. The van der Waals surface area contributed by atoms with Crippen molar-refractivity contribution in [1.29, 1.82) is 0 Å². The number of carbonyl (C=O) groups is 2. The predicted molar refractivity (Wildman–Crippen MR) is 95.3 cm³/mol. The fraction of sp³-hybridized carbons (Fsp3) is 0.316. The number of anilines is 1. The highest BCUT2D eigenvalue weighted by atomic mass is 19.4. The lowest BCUT2D eigenvalue weighted by Gasteiger charge is -2.12. The highest BCUT2D eigenvalue weighted by Crippen LogP contribution is 2.29. The molecule has 0 unspecified atom stereocenters. The lowest BCUT2D eigenvalue weighted by molar-refractivity contribution is -0.142. The highest BCUT2D eigenvalue weighted by Gasteiger charge is 2.30. The Labute approximate surface area is 159 Å². The van der Waals surface area contributed by atoms with E-state index in [-0.39, 0.29) is 16.9 Å². The molecule has 2 rings (SSSR count). The SMILES string of the molecule is CC(C)(C)c1cc(NC(=O)COC(=O)/C=C/c2cccc(C(F)(F)F)c2)on1. The van der Waals surface area contributed by atoms with Gasteiger partial charge in [0.15, 0.2) is 6.61 Å². The van der Waals surface area contributed by atoms with Crippen molar-refractivity contribution in [3.8, 4) is 0 Å². The second-order valence-electron chi connectivity index (χ2n) is 6.94. The van der Waals surface area contributed by atoms with Crippen LogP contribution in [0.15, 0.2) is 40.9 Å². The van der Waals surface area contributed by atoms with Gasteiger partial charge in [-0.3, -0.25) is 10.1 Å². The van der Waals surface area contributed by atoms with E-state index in [0.717, 1.165) is 18.2 Å². The first kappa shape index (κ1) is 21.2. The van der Waals surface area contributed by atoms with Crippen LogP contribution in [0.3, 0.4) is 0 Å². The third kappa shape index (κ3) is 6.26. The molecule has 0 atom stereocenters. The van der Waals surface area contributed by atoms with E-state index < -0.39 is 30.2 Å². The maximum absolute atomic E-state index is 12.6. The van der Waals surface area contributed by atoms with Gasteiger partial charge in [-0.05, 0) is 23.8 Å². The molecule has 0 fully saturated rings. The van der Waals surface area contributed by atoms with E-state index in [1.54, 1.807) is 6.07 Å². The molecule has 1 aromatic carbocycles. The number of nitrogens with zero attached hydrogens (tertiary/aromatic N) is 1. The Balaban J connectivity index is 1.86. The van der Waals surface area contributed by atoms with Crippen molar-refractivity contribution in [2.24, 2.45) is 0 Å². The third-order valence-electron chi connectivity index (χ3n) is 3.51. The average molecular weight is 396 g/mol. The van der Waals surface area contributed by atoms with Crippen LogP contribution in [-0.4, -0.2) is 23.6 Å². The number of benzene rings is 1. The van der Waals surface area contributed by atoms with E-state index in [1.165, 1.54) is 18.2 Å². The first-order chi connectivity index (χ1) is 12.9. The largest absolute Gasteiger partial charge is 0.452 e. The van der Waals surface area contributed by atoms with Crippen molar-refractivity contribution < 1.29 is 32.0 Å². The molecule has 0 aliphatic heterocycles. The van der Waals surface area contributed by atoms with Crippen LogP contribution in [0.1, 0.15) is 37.6 Å². The number of ether oxygens (including phenoxy) is 1. The minimum atomic E-state index is -4.48. The van der Waals surface area contributed by atoms with Crippen LogP contribution < -0.4 is 5.32 Å². The molecule has 0 radical (unpaired) electrons. The highest BCUT2D eigenvalue weighted by molar-refractivity contribution is 5.93. The smallest absolute Gasteiger partial charge is 0.416 e. The van der Waals surface area contributed by atoms with E-state index in [0.29, 0.717) is 5.69 Å². The second kappa shape index (κ2) is 8.28. The van der Waals surface area contributed by atoms with Gasteiger partial charge in [-0.25, -0.2) is 4.79 Å². The summed E-state index contributed by atoms with van der Waals surface area (Å²) in [4.78, 5) is 23.4. The summed E-state index contributed by atoms with van der Waals surface area (Å²) in [5.74, 6) is -1.40. The van der Waals surface area contributed by atoms with E-state index >= 15 is 0 Å². The summed E-state index contributed by atoms with van der Waals surface area (Å²) in [5.41, 5.74) is -0.270. The number of nitrogens with one attached hydrogen (secondary N) is 1. The Kier molecular flexibility index (Phi) is 6.27. The second-order valence-corrected chi connectivity index (χ2v) is 6.94. The number of carbonyl (C=O) groups excluding carboxylic acids is 2. The molecule has 1 N–H and O–H groups in total. The molecule has 0 bridgehead atoms. The maximum Gasteiger partial charge on any atom is 0.416 e. The van der Waals surface area contributed by atoms with Crippen LogP contribution in [0.25, 0.3) is 6.08 Å². The number of hydrogen-bond acceptors (Lipinski definition) is 5. The van der Waals surface area contributed by atoms with Crippen LogP contribution in [0.5, 0.6) is 0 Å². The zero-order chi connectivity index (χ0) is 20.9. The molecule has 150 valence electrons. The van der Waals surface area contributed by atoms with Gasteiger partial charge in [-0.15, -0.1) is 0 Å². The fourth-order valence-corrected chi connectivity index (χ4v) is 2.03. The molecule has 1 aromatic heterocycles. The van der Waals surface area contributed by atoms with Crippen molar-refractivity contribution in [3.05, 3.63) is 53.2 Å². The number of hydrogen-bond donors (Lipinski definition) is 1. The quantitative estimate of drug-likeness (QED) is 0.606. The summed E-state index contributed by atoms with van der Waals surface area (Å²) in [7, 11) is 0. The standard InChI is InChI=1S/C19H19F3N2O4/c1-18(2,3)14-10-16(28-24-14)23-15(25)11-27-17(26)8-7-12-5-4-6-13(9-12)19(20,21)22/h4-10H,11H2,1-3H3,(H,23,25)/b8-7+. The van der Waals surface area contributed by atoms with Gasteiger partial charge < -0.3 is 9.26 Å². The molecule has 0 saturated heterocycles. The normalized spacial score (nSPS) is 12.2. The monoisotopic (exact) mass is 396 g/mol. The average Bonchev–Trinajstić information content (AvgIpc) is 3.06. The van der Waals surface area contributed by atoms with Crippen LogP contribution in [0.2, 0.25) is 0 Å². The molecule has 1 amide bonds. The Bertz CT molecular complexity index is 880. The molecular weight excluding hydrogens is 377 g/mol. The molecule has 9 heteroatoms. The van der Waals surface area contributed by atoms with Gasteiger partial charge in [0.25, 0.3) is 5.91 Å². The van der Waals surface area contributed by atoms with Gasteiger partial charge in [0.1, 0.15) is 0 Å². The molecule has 6 nitrogen and oxygen atoms in total. The summed E-state index contributed by atoms with van der Waals surface area (Å²) in [6, 6.07) is 6.02. The number of esters is 1. The van der Waals surface area contributed by atoms with Crippen LogP contribution >= 0.6 is 0 Å². The Morgan fingerprint density at radius 1 is 1.21 bits per heavy atom. The zero-order valence-electron chi connectivity index (χ0n) is 15.5. The molecule has 0 aliphatic carbocycles. The van der Waals surface area contributed by atoms with Gasteiger partial charge >= 0.3 is 12.1 Å². The van der Waals surface area contributed by atoms with Crippen LogP contribution in [0, 0.1) is 0 Å². The summed E-state index contributed by atoms with van der Waals surface area (Å²) < 4.78 is 47.7. The lowest BCUT2D eigenvalue weighted by Crippen LogP contribution is -2.19. The molecule has 0 saturated carbocycles.